The Morgan fingerprint density at radius 3 is 2.57 bits per heavy atom. The second-order valence-corrected chi connectivity index (χ2v) is 8.36. The molecule has 3 rings (SSSR count). The zero-order chi connectivity index (χ0) is 15.0. The average Bonchev–Trinajstić information content (AvgIpc) is 2.92. The van der Waals surface area contributed by atoms with Crippen molar-refractivity contribution in [3.63, 3.8) is 0 Å². The van der Waals surface area contributed by atoms with Gasteiger partial charge in [0.05, 0.1) is 5.41 Å². The molecule has 1 aliphatic heterocycles. The number of likely N-dealkylation sites (tertiary alicyclic amines) is 1. The first-order chi connectivity index (χ1) is 9.99. The van der Waals surface area contributed by atoms with E-state index in [1.165, 1.54) is 25.7 Å². The van der Waals surface area contributed by atoms with Crippen LogP contribution in [0.2, 0.25) is 0 Å². The maximum atomic E-state index is 11.7. The SMILES string of the molecule is CC1CC(C)CC(CCN2C[C@@H]3CCC[C@@]3(C(=O)O)C2)C1. The molecule has 3 aliphatic rings. The van der Waals surface area contributed by atoms with Gasteiger partial charge in [0.2, 0.25) is 0 Å². The molecule has 4 atom stereocenters. The van der Waals surface area contributed by atoms with E-state index in [4.69, 9.17) is 0 Å². The third-order valence-corrected chi connectivity index (χ3v) is 6.50. The first kappa shape index (κ1) is 15.3. The molecule has 1 heterocycles. The van der Waals surface area contributed by atoms with Crippen LogP contribution in [0.15, 0.2) is 0 Å². The number of nitrogens with zero attached hydrogens (tertiary/aromatic N) is 1. The molecule has 0 bridgehead atoms. The van der Waals surface area contributed by atoms with Gasteiger partial charge in [0.25, 0.3) is 0 Å². The predicted molar refractivity (Wildman–Crippen MR) is 84.1 cm³/mol. The molecule has 3 heteroatoms. The maximum absolute atomic E-state index is 11.7. The number of carboxylic acid groups (broad SMARTS) is 1. The normalized spacial score (nSPS) is 43.9. The second kappa shape index (κ2) is 5.91. The van der Waals surface area contributed by atoms with Crippen LogP contribution in [0.3, 0.4) is 0 Å². The Balaban J connectivity index is 1.52. The summed E-state index contributed by atoms with van der Waals surface area (Å²) in [6, 6.07) is 0. The molecule has 0 aromatic carbocycles. The van der Waals surface area contributed by atoms with Crippen molar-refractivity contribution in [2.24, 2.45) is 29.1 Å². The zero-order valence-electron chi connectivity index (χ0n) is 13.7. The molecule has 0 aromatic heterocycles. The molecule has 2 aliphatic carbocycles. The van der Waals surface area contributed by atoms with Gasteiger partial charge in [-0.25, -0.2) is 0 Å². The Morgan fingerprint density at radius 2 is 1.95 bits per heavy atom. The van der Waals surface area contributed by atoms with Crippen LogP contribution in [0.4, 0.5) is 0 Å². The highest BCUT2D eigenvalue weighted by Crippen LogP contribution is 2.49. The lowest BCUT2D eigenvalue weighted by Crippen LogP contribution is -2.36. The molecule has 0 radical (unpaired) electrons. The summed E-state index contributed by atoms with van der Waals surface area (Å²) in [5, 5.41) is 9.65. The van der Waals surface area contributed by atoms with E-state index >= 15 is 0 Å². The fourth-order valence-corrected chi connectivity index (χ4v) is 5.63. The average molecular weight is 293 g/mol. The summed E-state index contributed by atoms with van der Waals surface area (Å²) in [5.74, 6) is 2.50. The van der Waals surface area contributed by atoms with E-state index in [1.54, 1.807) is 0 Å². The van der Waals surface area contributed by atoms with Gasteiger partial charge < -0.3 is 10.0 Å². The third kappa shape index (κ3) is 2.99. The van der Waals surface area contributed by atoms with Crippen LogP contribution in [0.25, 0.3) is 0 Å². The van der Waals surface area contributed by atoms with E-state index < -0.39 is 11.4 Å². The first-order valence-electron chi connectivity index (χ1n) is 8.95. The van der Waals surface area contributed by atoms with Crippen molar-refractivity contribution in [1.82, 2.24) is 4.90 Å². The third-order valence-electron chi connectivity index (χ3n) is 6.50. The first-order valence-corrected chi connectivity index (χ1v) is 8.95. The van der Waals surface area contributed by atoms with Crippen LogP contribution in [0.5, 0.6) is 0 Å². The Kier molecular flexibility index (Phi) is 4.31. The van der Waals surface area contributed by atoms with E-state index in [-0.39, 0.29) is 0 Å². The number of carbonyl (C=O) groups is 1. The molecule has 21 heavy (non-hydrogen) atoms. The van der Waals surface area contributed by atoms with Crippen molar-refractivity contribution in [3.8, 4) is 0 Å². The van der Waals surface area contributed by atoms with Crippen LogP contribution in [-0.4, -0.2) is 35.6 Å². The summed E-state index contributed by atoms with van der Waals surface area (Å²) in [6.07, 6.45) is 8.57. The van der Waals surface area contributed by atoms with Gasteiger partial charge in [0.15, 0.2) is 0 Å². The van der Waals surface area contributed by atoms with Gasteiger partial charge in [-0.1, -0.05) is 20.3 Å². The van der Waals surface area contributed by atoms with Crippen molar-refractivity contribution >= 4 is 5.97 Å². The van der Waals surface area contributed by atoms with Crippen LogP contribution in [0.1, 0.15) is 58.8 Å². The van der Waals surface area contributed by atoms with E-state index in [0.29, 0.717) is 5.92 Å². The lowest BCUT2D eigenvalue weighted by molar-refractivity contribution is -0.149. The van der Waals surface area contributed by atoms with Crippen molar-refractivity contribution < 1.29 is 9.90 Å². The molecular formula is C18H31NO2. The number of hydrogen-bond acceptors (Lipinski definition) is 2. The molecule has 2 saturated carbocycles. The van der Waals surface area contributed by atoms with Gasteiger partial charge in [-0.05, 0) is 68.7 Å². The minimum atomic E-state index is -0.535. The van der Waals surface area contributed by atoms with Crippen LogP contribution in [-0.2, 0) is 4.79 Å². The summed E-state index contributed by atoms with van der Waals surface area (Å²) < 4.78 is 0. The number of fused-ring (bicyclic) bond motifs is 1. The van der Waals surface area contributed by atoms with Crippen LogP contribution >= 0.6 is 0 Å². The minimum absolute atomic E-state index is 0.396. The number of carboxylic acids is 1. The van der Waals surface area contributed by atoms with E-state index in [2.05, 4.69) is 18.7 Å². The monoisotopic (exact) mass is 293 g/mol. The summed E-state index contributed by atoms with van der Waals surface area (Å²) in [5.41, 5.74) is -0.396. The Labute approximate surface area is 129 Å². The standard InChI is InChI=1S/C18H31NO2/c1-13-8-14(2)10-15(9-13)5-7-19-11-16-4-3-6-18(16,12-19)17(20)21/h13-16H,3-12H2,1-2H3,(H,20,21)/t13?,14?,15?,16-,18+/m0/s1. The Morgan fingerprint density at radius 1 is 1.24 bits per heavy atom. The van der Waals surface area contributed by atoms with Crippen LogP contribution in [0, 0.1) is 29.1 Å². The van der Waals surface area contributed by atoms with E-state index in [0.717, 1.165) is 56.7 Å². The van der Waals surface area contributed by atoms with E-state index in [9.17, 15) is 9.90 Å². The second-order valence-electron chi connectivity index (χ2n) is 8.36. The largest absolute Gasteiger partial charge is 0.481 e. The van der Waals surface area contributed by atoms with Gasteiger partial charge in [0, 0.05) is 13.1 Å². The number of aliphatic carboxylic acids is 1. The highest BCUT2D eigenvalue weighted by atomic mass is 16.4. The molecule has 0 aromatic rings. The van der Waals surface area contributed by atoms with Crippen molar-refractivity contribution in [2.45, 2.75) is 58.8 Å². The summed E-state index contributed by atoms with van der Waals surface area (Å²) >= 11 is 0. The number of hydrogen-bond donors (Lipinski definition) is 1. The van der Waals surface area contributed by atoms with Crippen LogP contribution < -0.4 is 0 Å². The van der Waals surface area contributed by atoms with Crippen molar-refractivity contribution in [2.75, 3.05) is 19.6 Å². The summed E-state index contributed by atoms with van der Waals surface area (Å²) in [7, 11) is 0. The molecule has 2 unspecified atom stereocenters. The zero-order valence-corrected chi connectivity index (χ0v) is 13.7. The van der Waals surface area contributed by atoms with Crippen molar-refractivity contribution in [3.05, 3.63) is 0 Å². The lowest BCUT2D eigenvalue weighted by atomic mass is 9.75. The van der Waals surface area contributed by atoms with Gasteiger partial charge in [-0.3, -0.25) is 4.79 Å². The smallest absolute Gasteiger partial charge is 0.311 e. The van der Waals surface area contributed by atoms with Gasteiger partial charge in [-0.15, -0.1) is 0 Å². The van der Waals surface area contributed by atoms with Gasteiger partial charge >= 0.3 is 5.97 Å². The molecule has 3 nitrogen and oxygen atoms in total. The molecular weight excluding hydrogens is 262 g/mol. The molecule has 3 fully saturated rings. The van der Waals surface area contributed by atoms with E-state index in [1.807, 2.05) is 0 Å². The Bertz CT molecular complexity index is 387. The predicted octanol–water partition coefficient (Wildman–Crippen LogP) is 3.64. The topological polar surface area (TPSA) is 40.5 Å². The number of rotatable bonds is 4. The summed E-state index contributed by atoms with van der Waals surface area (Å²) in [4.78, 5) is 14.2. The molecule has 1 N–H and O–H groups in total. The van der Waals surface area contributed by atoms with Gasteiger partial charge in [0.1, 0.15) is 0 Å². The summed E-state index contributed by atoms with van der Waals surface area (Å²) in [6.45, 7) is 7.75. The molecule has 120 valence electrons. The highest BCUT2D eigenvalue weighted by molar-refractivity contribution is 5.76. The highest BCUT2D eigenvalue weighted by Gasteiger charge is 2.54. The Hall–Kier alpha value is -0.570. The maximum Gasteiger partial charge on any atom is 0.311 e. The minimum Gasteiger partial charge on any atom is -0.481 e. The van der Waals surface area contributed by atoms with Crippen molar-refractivity contribution in [1.29, 1.82) is 0 Å². The quantitative estimate of drug-likeness (QED) is 0.860. The lowest BCUT2D eigenvalue weighted by Gasteiger charge is -2.32. The fourth-order valence-electron chi connectivity index (χ4n) is 5.63. The molecule has 0 spiro atoms. The fraction of sp³-hybridized carbons (Fsp3) is 0.944. The molecule has 0 amide bonds. The van der Waals surface area contributed by atoms with Gasteiger partial charge in [-0.2, -0.15) is 0 Å². The molecule has 1 saturated heterocycles.